The van der Waals surface area contributed by atoms with E-state index in [4.69, 9.17) is 9.47 Å². The van der Waals surface area contributed by atoms with Crippen LogP contribution in [0.15, 0.2) is 90.3 Å². The van der Waals surface area contributed by atoms with Gasteiger partial charge in [-0.05, 0) is 46.7 Å². The molecule has 1 aliphatic heterocycles. The van der Waals surface area contributed by atoms with Gasteiger partial charge in [-0.25, -0.2) is 4.98 Å². The third kappa shape index (κ3) is 10.3. The van der Waals surface area contributed by atoms with Crippen molar-refractivity contribution in [3.63, 3.8) is 0 Å². The molecule has 2 heterocycles. The number of rotatable bonds is 15. The molecule has 47 heavy (non-hydrogen) atoms. The fraction of sp³-hybridized carbons (Fsp3) is 0.378. The maximum absolute atomic E-state index is 12.4. The molecule has 1 fully saturated rings. The van der Waals surface area contributed by atoms with E-state index in [0.717, 1.165) is 63.6 Å². The van der Waals surface area contributed by atoms with Crippen LogP contribution >= 0.6 is 11.8 Å². The summed E-state index contributed by atoms with van der Waals surface area (Å²) in [6.45, 7) is 2.64. The topological polar surface area (TPSA) is 115 Å². The van der Waals surface area contributed by atoms with Gasteiger partial charge in [0, 0.05) is 63.6 Å². The lowest BCUT2D eigenvalue weighted by Crippen LogP contribution is -2.31. The number of carbonyl (C=O) groups excluding carboxylic acids is 2. The maximum atomic E-state index is 12.4. The fourth-order valence-electron chi connectivity index (χ4n) is 5.52. The number of imidazole rings is 1. The van der Waals surface area contributed by atoms with E-state index in [2.05, 4.69) is 52.0 Å². The molecule has 0 aliphatic carbocycles. The second-order valence-electron chi connectivity index (χ2n) is 11.9. The summed E-state index contributed by atoms with van der Waals surface area (Å²) in [4.78, 5) is 27.8. The van der Waals surface area contributed by atoms with Crippen LogP contribution in [0.25, 0.3) is 11.1 Å². The molecule has 1 aromatic heterocycles. The highest BCUT2D eigenvalue weighted by molar-refractivity contribution is 7.99. The Labute approximate surface area is 281 Å². The monoisotopic (exact) mass is 656 g/mol. The normalized spacial score (nSPS) is 17.7. The highest BCUT2D eigenvalue weighted by Crippen LogP contribution is 2.39. The number of unbranched alkanes of at least 4 members (excludes halogenated alkanes) is 2. The number of hydrogen-bond acceptors (Lipinski definition) is 7. The minimum absolute atomic E-state index is 0.00734. The summed E-state index contributed by atoms with van der Waals surface area (Å²) in [6.07, 6.45) is 6.78. The van der Waals surface area contributed by atoms with Crippen LogP contribution < -0.4 is 10.6 Å². The molecule has 2 amide bonds. The first-order valence-corrected chi connectivity index (χ1v) is 17.2. The summed E-state index contributed by atoms with van der Waals surface area (Å²) in [5.41, 5.74) is 6.04. The first-order chi connectivity index (χ1) is 22.9. The summed E-state index contributed by atoms with van der Waals surface area (Å²) in [7, 11) is 1.99. The molecule has 1 aliphatic rings. The predicted octanol–water partition coefficient (Wildman–Crippen LogP) is 6.23. The van der Waals surface area contributed by atoms with Crippen LogP contribution in [0.2, 0.25) is 0 Å². The van der Waals surface area contributed by atoms with Crippen LogP contribution in [0.4, 0.5) is 0 Å². The van der Waals surface area contributed by atoms with Crippen LogP contribution in [-0.4, -0.2) is 44.9 Å². The van der Waals surface area contributed by atoms with Gasteiger partial charge >= 0.3 is 0 Å². The molecule has 4 aromatic rings. The first-order valence-electron chi connectivity index (χ1n) is 16.2. The van der Waals surface area contributed by atoms with Crippen molar-refractivity contribution in [2.24, 2.45) is 7.05 Å². The first kappa shape index (κ1) is 34.4. The van der Waals surface area contributed by atoms with Crippen LogP contribution in [0.3, 0.4) is 0 Å². The number of aryl methyl sites for hydroxylation is 1. The van der Waals surface area contributed by atoms with Crippen molar-refractivity contribution in [2.75, 3.05) is 12.3 Å². The van der Waals surface area contributed by atoms with Crippen molar-refractivity contribution in [2.45, 2.75) is 75.8 Å². The van der Waals surface area contributed by atoms with Gasteiger partial charge in [0.05, 0.1) is 18.8 Å². The fourth-order valence-corrected chi connectivity index (χ4v) is 6.47. The zero-order valence-electron chi connectivity index (χ0n) is 27.1. The van der Waals surface area contributed by atoms with Crippen molar-refractivity contribution in [1.29, 1.82) is 0 Å². The molecule has 248 valence electrons. The third-order valence-corrected chi connectivity index (χ3v) is 9.37. The van der Waals surface area contributed by atoms with Gasteiger partial charge < -0.3 is 29.8 Å². The van der Waals surface area contributed by atoms with E-state index in [1.54, 1.807) is 18.0 Å². The van der Waals surface area contributed by atoms with Crippen molar-refractivity contribution >= 4 is 23.6 Å². The predicted molar refractivity (Wildman–Crippen MR) is 183 cm³/mol. The number of hydrogen-bond donors (Lipinski definition) is 3. The van der Waals surface area contributed by atoms with Gasteiger partial charge in [-0.3, -0.25) is 9.59 Å². The largest absolute Gasteiger partial charge is 0.392 e. The molecular weight excluding hydrogens is 612 g/mol. The van der Waals surface area contributed by atoms with Crippen molar-refractivity contribution in [3.05, 3.63) is 107 Å². The summed E-state index contributed by atoms with van der Waals surface area (Å²) in [5, 5.41) is 16.3. The van der Waals surface area contributed by atoms with Gasteiger partial charge in [0.15, 0.2) is 11.4 Å². The van der Waals surface area contributed by atoms with Gasteiger partial charge in [-0.2, -0.15) is 0 Å². The quantitative estimate of drug-likeness (QED) is 0.103. The molecular formula is C37H44N4O5S. The smallest absolute Gasteiger partial charge is 0.220 e. The minimum atomic E-state index is -0.528. The molecule has 1 saturated heterocycles. The second kappa shape index (κ2) is 17.3. The Morgan fingerprint density at radius 2 is 1.72 bits per heavy atom. The Kier molecular flexibility index (Phi) is 12.6. The number of ether oxygens (including phenoxy) is 2. The van der Waals surface area contributed by atoms with Gasteiger partial charge in [-0.15, -0.1) is 0 Å². The molecule has 5 rings (SSSR count). The molecule has 9 nitrogen and oxygen atoms in total. The van der Waals surface area contributed by atoms with Gasteiger partial charge in [0.1, 0.15) is 0 Å². The van der Waals surface area contributed by atoms with Gasteiger partial charge in [-0.1, -0.05) is 84.9 Å². The Bertz CT molecular complexity index is 1590. The van der Waals surface area contributed by atoms with Crippen LogP contribution in [0.1, 0.15) is 73.7 Å². The van der Waals surface area contributed by atoms with E-state index in [0.29, 0.717) is 25.9 Å². The van der Waals surface area contributed by atoms with Crippen molar-refractivity contribution < 1.29 is 24.2 Å². The zero-order chi connectivity index (χ0) is 33.0. The lowest BCUT2D eigenvalue weighted by molar-refractivity contribution is -0.245. The summed E-state index contributed by atoms with van der Waals surface area (Å²) >= 11 is 1.67. The average Bonchev–Trinajstić information content (AvgIpc) is 3.52. The van der Waals surface area contributed by atoms with E-state index in [1.807, 2.05) is 54.2 Å². The number of aliphatic hydroxyl groups is 1. The van der Waals surface area contributed by atoms with E-state index < -0.39 is 6.29 Å². The molecule has 3 N–H and O–H groups in total. The number of aliphatic hydroxyl groups excluding tert-OH is 1. The van der Waals surface area contributed by atoms with Gasteiger partial charge in [0.25, 0.3) is 0 Å². The van der Waals surface area contributed by atoms with Gasteiger partial charge in [0.2, 0.25) is 11.8 Å². The minimum Gasteiger partial charge on any atom is -0.392 e. The van der Waals surface area contributed by atoms with E-state index in [1.165, 1.54) is 6.92 Å². The highest BCUT2D eigenvalue weighted by atomic mass is 32.2. The Hall–Kier alpha value is -3.96. The second-order valence-corrected chi connectivity index (χ2v) is 12.9. The number of benzene rings is 3. The Morgan fingerprint density at radius 1 is 0.936 bits per heavy atom. The maximum Gasteiger partial charge on any atom is 0.220 e. The van der Waals surface area contributed by atoms with E-state index >= 15 is 0 Å². The standard InChI is InChI=1S/C37H44N4O5S/c1-26(43)38-18-5-3-4-9-35(44)40-23-28-7-6-8-32(21-28)29-14-16-31(17-15-29)36-45-33(25-47-37-39-19-20-41(37)2)22-34(46-36)30-12-10-27(24-42)11-13-30/h6-8,10-17,19-21,33-34,36,42H,3-5,9,18,22-25H2,1-2H3,(H,38,43)(H,40,44)/t33-,34+,36+/m1/s1. The van der Waals surface area contributed by atoms with Crippen LogP contribution in [0, 0.1) is 0 Å². The molecule has 3 atom stereocenters. The number of nitrogens with zero attached hydrogens (tertiary/aromatic N) is 2. The molecule has 0 radical (unpaired) electrons. The average molecular weight is 657 g/mol. The number of aromatic nitrogens is 2. The molecule has 0 unspecified atom stereocenters. The van der Waals surface area contributed by atoms with E-state index in [-0.39, 0.29) is 30.6 Å². The lowest BCUT2D eigenvalue weighted by Gasteiger charge is -2.36. The van der Waals surface area contributed by atoms with Crippen molar-refractivity contribution in [1.82, 2.24) is 20.2 Å². The molecule has 0 saturated carbocycles. The Morgan fingerprint density at radius 3 is 2.45 bits per heavy atom. The van der Waals surface area contributed by atoms with Crippen LogP contribution in [-0.2, 0) is 39.3 Å². The number of carbonyl (C=O) groups is 2. The zero-order valence-corrected chi connectivity index (χ0v) is 27.9. The highest BCUT2D eigenvalue weighted by Gasteiger charge is 2.32. The summed E-state index contributed by atoms with van der Waals surface area (Å²) in [5.74, 6) is 0.756. The van der Waals surface area contributed by atoms with E-state index in [9.17, 15) is 14.7 Å². The molecule has 0 spiro atoms. The number of nitrogens with one attached hydrogen (secondary N) is 2. The Balaban J connectivity index is 1.20. The molecule has 10 heteroatoms. The third-order valence-electron chi connectivity index (χ3n) is 8.18. The lowest BCUT2D eigenvalue weighted by atomic mass is 9.99. The summed E-state index contributed by atoms with van der Waals surface area (Å²) < 4.78 is 15.0. The number of amides is 2. The SMILES string of the molecule is CC(=O)NCCCCCC(=O)NCc1cccc(-c2ccc([C@H]3O[C@@H](CSc4nccn4C)C[C@@H](c4ccc(CO)cc4)O3)cc2)c1. The van der Waals surface area contributed by atoms with Crippen molar-refractivity contribution in [3.8, 4) is 11.1 Å². The summed E-state index contributed by atoms with van der Waals surface area (Å²) in [6, 6.07) is 24.4. The van der Waals surface area contributed by atoms with Crippen LogP contribution in [0.5, 0.6) is 0 Å². The molecule has 3 aromatic carbocycles. The number of thioether (sulfide) groups is 1. The molecule has 0 bridgehead atoms.